The van der Waals surface area contributed by atoms with Crippen LogP contribution in [0.1, 0.15) is 17.2 Å². The predicted octanol–water partition coefficient (Wildman–Crippen LogP) is 2.01. The Hall–Kier alpha value is -1.75. The highest BCUT2D eigenvalue weighted by Crippen LogP contribution is 2.22. The second kappa shape index (κ2) is 4.63. The number of hydrogen-bond acceptors (Lipinski definition) is 2. The Labute approximate surface area is 98.1 Å². The molecule has 0 aliphatic carbocycles. The first-order valence-corrected chi connectivity index (χ1v) is 5.22. The summed E-state index contributed by atoms with van der Waals surface area (Å²) in [6, 6.07) is 3.22. The van der Waals surface area contributed by atoms with Crippen LogP contribution in [0, 0.1) is 11.6 Å². The molecule has 1 atom stereocenters. The molecule has 0 saturated carbocycles. The van der Waals surface area contributed by atoms with Crippen molar-refractivity contribution in [3.05, 3.63) is 53.4 Å². The van der Waals surface area contributed by atoms with Crippen LogP contribution in [0.4, 0.5) is 8.78 Å². The summed E-state index contributed by atoms with van der Waals surface area (Å²) in [6.07, 6.45) is 3.48. The number of aromatic nitrogens is 2. The summed E-state index contributed by atoms with van der Waals surface area (Å²) in [6.45, 7) is 0. The minimum Gasteiger partial charge on any atom is -0.309 e. The second-order valence-corrected chi connectivity index (χ2v) is 3.87. The van der Waals surface area contributed by atoms with Crippen molar-refractivity contribution < 1.29 is 8.78 Å². The molecule has 0 bridgehead atoms. The molecule has 3 nitrogen and oxygen atoms in total. The molecule has 0 saturated heterocycles. The standard InChI is InChI=1S/C12H13F2N3/c1-15-12(9-6-16-17(2)7-9)8-3-10(13)5-11(14)4-8/h3-7,12,15H,1-2H3. The van der Waals surface area contributed by atoms with E-state index in [0.717, 1.165) is 11.6 Å². The molecule has 0 fully saturated rings. The fourth-order valence-corrected chi connectivity index (χ4v) is 1.86. The van der Waals surface area contributed by atoms with E-state index in [-0.39, 0.29) is 6.04 Å². The van der Waals surface area contributed by atoms with E-state index >= 15 is 0 Å². The number of nitrogens with zero attached hydrogens (tertiary/aromatic N) is 2. The maximum atomic E-state index is 13.2. The molecule has 1 aromatic heterocycles. The van der Waals surface area contributed by atoms with Gasteiger partial charge in [0.15, 0.2) is 0 Å². The Kier molecular flexibility index (Phi) is 3.19. The van der Waals surface area contributed by atoms with Gasteiger partial charge in [-0.05, 0) is 24.7 Å². The maximum absolute atomic E-state index is 13.2. The van der Waals surface area contributed by atoms with Crippen LogP contribution in [-0.4, -0.2) is 16.8 Å². The normalized spacial score (nSPS) is 12.7. The van der Waals surface area contributed by atoms with Crippen LogP contribution in [0.25, 0.3) is 0 Å². The van der Waals surface area contributed by atoms with E-state index < -0.39 is 11.6 Å². The van der Waals surface area contributed by atoms with E-state index in [1.807, 2.05) is 6.20 Å². The number of nitrogens with one attached hydrogen (secondary N) is 1. The molecular weight excluding hydrogens is 224 g/mol. The van der Waals surface area contributed by atoms with Gasteiger partial charge in [-0.2, -0.15) is 5.10 Å². The molecule has 0 spiro atoms. The highest BCUT2D eigenvalue weighted by atomic mass is 19.1. The highest BCUT2D eigenvalue weighted by Gasteiger charge is 2.15. The molecule has 2 rings (SSSR count). The molecule has 1 N–H and O–H groups in total. The van der Waals surface area contributed by atoms with Crippen LogP contribution >= 0.6 is 0 Å². The Bertz CT molecular complexity index is 502. The summed E-state index contributed by atoms with van der Waals surface area (Å²) in [5, 5.41) is 7.06. The van der Waals surface area contributed by atoms with Gasteiger partial charge in [-0.15, -0.1) is 0 Å². The number of hydrogen-bond donors (Lipinski definition) is 1. The molecule has 5 heteroatoms. The van der Waals surface area contributed by atoms with Crippen LogP contribution in [0.3, 0.4) is 0 Å². The molecule has 90 valence electrons. The average molecular weight is 237 g/mol. The van der Waals surface area contributed by atoms with Crippen molar-refractivity contribution in [3.63, 3.8) is 0 Å². The summed E-state index contributed by atoms with van der Waals surface area (Å²) in [7, 11) is 3.53. The van der Waals surface area contributed by atoms with Crippen molar-refractivity contribution in [1.82, 2.24) is 15.1 Å². The van der Waals surface area contributed by atoms with Gasteiger partial charge in [0, 0.05) is 24.9 Å². The summed E-state index contributed by atoms with van der Waals surface area (Å²) in [4.78, 5) is 0. The van der Waals surface area contributed by atoms with E-state index in [2.05, 4.69) is 10.4 Å². The third kappa shape index (κ3) is 2.50. The van der Waals surface area contributed by atoms with Crippen LogP contribution in [0.5, 0.6) is 0 Å². The SMILES string of the molecule is CNC(c1cc(F)cc(F)c1)c1cnn(C)c1. The average Bonchev–Trinajstić information content (AvgIpc) is 2.64. The van der Waals surface area contributed by atoms with Gasteiger partial charge in [-0.1, -0.05) is 0 Å². The van der Waals surface area contributed by atoms with Gasteiger partial charge in [-0.25, -0.2) is 8.78 Å². The van der Waals surface area contributed by atoms with Crippen molar-refractivity contribution in [3.8, 4) is 0 Å². The van der Waals surface area contributed by atoms with E-state index in [0.29, 0.717) is 5.56 Å². The third-order valence-electron chi connectivity index (χ3n) is 2.57. The van der Waals surface area contributed by atoms with Crippen molar-refractivity contribution in [2.24, 2.45) is 7.05 Å². The lowest BCUT2D eigenvalue weighted by Gasteiger charge is -2.15. The van der Waals surface area contributed by atoms with Crippen LogP contribution in [0.2, 0.25) is 0 Å². The quantitative estimate of drug-likeness (QED) is 0.885. The zero-order valence-electron chi connectivity index (χ0n) is 9.61. The summed E-state index contributed by atoms with van der Waals surface area (Å²) < 4.78 is 28.0. The number of halogens is 2. The van der Waals surface area contributed by atoms with Gasteiger partial charge < -0.3 is 5.32 Å². The molecule has 1 heterocycles. The van der Waals surface area contributed by atoms with Gasteiger partial charge in [-0.3, -0.25) is 4.68 Å². The molecule has 1 aromatic carbocycles. The third-order valence-corrected chi connectivity index (χ3v) is 2.57. The van der Waals surface area contributed by atoms with Gasteiger partial charge in [0.25, 0.3) is 0 Å². The number of benzene rings is 1. The van der Waals surface area contributed by atoms with Gasteiger partial charge >= 0.3 is 0 Å². The van der Waals surface area contributed by atoms with E-state index in [9.17, 15) is 8.78 Å². The zero-order valence-corrected chi connectivity index (χ0v) is 9.61. The topological polar surface area (TPSA) is 29.9 Å². The fourth-order valence-electron chi connectivity index (χ4n) is 1.86. The first-order valence-electron chi connectivity index (χ1n) is 5.22. The summed E-state index contributed by atoms with van der Waals surface area (Å²) in [5.74, 6) is -1.16. The molecular formula is C12H13F2N3. The summed E-state index contributed by atoms with van der Waals surface area (Å²) in [5.41, 5.74) is 1.40. The highest BCUT2D eigenvalue weighted by molar-refractivity contribution is 5.30. The van der Waals surface area contributed by atoms with Crippen molar-refractivity contribution in [2.75, 3.05) is 7.05 Å². The first-order chi connectivity index (χ1) is 8.10. The van der Waals surface area contributed by atoms with Gasteiger partial charge in [0.05, 0.1) is 12.2 Å². The molecule has 2 aromatic rings. The van der Waals surface area contributed by atoms with Crippen molar-refractivity contribution in [2.45, 2.75) is 6.04 Å². The van der Waals surface area contributed by atoms with Gasteiger partial charge in [0.2, 0.25) is 0 Å². The number of aryl methyl sites for hydroxylation is 1. The lowest BCUT2D eigenvalue weighted by molar-refractivity contribution is 0.571. The van der Waals surface area contributed by atoms with Gasteiger partial charge in [0.1, 0.15) is 11.6 Å². The monoisotopic (exact) mass is 237 g/mol. The second-order valence-electron chi connectivity index (χ2n) is 3.87. The smallest absolute Gasteiger partial charge is 0.126 e. The van der Waals surface area contributed by atoms with E-state index in [1.165, 1.54) is 12.1 Å². The molecule has 0 aliphatic heterocycles. The molecule has 0 aliphatic rings. The van der Waals surface area contributed by atoms with Crippen LogP contribution in [0.15, 0.2) is 30.6 Å². The molecule has 1 unspecified atom stereocenters. The summed E-state index contributed by atoms with van der Waals surface area (Å²) >= 11 is 0. The minimum atomic E-state index is -0.579. The first kappa shape index (κ1) is 11.7. The predicted molar refractivity (Wildman–Crippen MR) is 60.5 cm³/mol. The lowest BCUT2D eigenvalue weighted by Crippen LogP contribution is -2.17. The van der Waals surface area contributed by atoms with E-state index in [1.54, 1.807) is 25.0 Å². The largest absolute Gasteiger partial charge is 0.309 e. The Morgan fingerprint density at radius 1 is 1.18 bits per heavy atom. The van der Waals surface area contributed by atoms with Crippen molar-refractivity contribution >= 4 is 0 Å². The minimum absolute atomic E-state index is 0.270. The number of rotatable bonds is 3. The zero-order chi connectivity index (χ0) is 12.4. The molecule has 17 heavy (non-hydrogen) atoms. The maximum Gasteiger partial charge on any atom is 0.126 e. The lowest BCUT2D eigenvalue weighted by atomic mass is 10.0. The molecule has 0 amide bonds. The van der Waals surface area contributed by atoms with E-state index in [4.69, 9.17) is 0 Å². The Morgan fingerprint density at radius 3 is 2.29 bits per heavy atom. The van der Waals surface area contributed by atoms with Crippen LogP contribution in [-0.2, 0) is 7.05 Å². The molecule has 0 radical (unpaired) electrons. The van der Waals surface area contributed by atoms with Crippen LogP contribution < -0.4 is 5.32 Å². The fraction of sp³-hybridized carbons (Fsp3) is 0.250. The van der Waals surface area contributed by atoms with Crippen molar-refractivity contribution in [1.29, 1.82) is 0 Å². The Balaban J connectivity index is 2.41. The Morgan fingerprint density at radius 2 is 1.82 bits per heavy atom.